The first-order chi connectivity index (χ1) is 14.7. The molecule has 0 aliphatic carbocycles. The lowest BCUT2D eigenvalue weighted by Crippen LogP contribution is -2.55. The number of methoxy groups -OCH3 is 1. The van der Waals surface area contributed by atoms with E-state index in [0.29, 0.717) is 47.3 Å². The zero-order valence-electron chi connectivity index (χ0n) is 17.0. The summed E-state index contributed by atoms with van der Waals surface area (Å²) in [7, 11) is 1.58. The second kappa shape index (κ2) is 9.55. The van der Waals surface area contributed by atoms with Crippen molar-refractivity contribution in [2.45, 2.75) is 63.3 Å². The van der Waals surface area contributed by atoms with Gasteiger partial charge in [0.15, 0.2) is 5.13 Å². The van der Waals surface area contributed by atoms with Crippen LogP contribution in [0, 0.1) is 11.3 Å². The molecule has 0 saturated carbocycles. The smallest absolute Gasteiger partial charge is 0.228 e. The molecular weight excluding hydrogens is 402 g/mol. The van der Waals surface area contributed by atoms with Crippen LogP contribution in [-0.2, 0) is 6.61 Å². The number of anilines is 3. The van der Waals surface area contributed by atoms with E-state index in [2.05, 4.69) is 36.6 Å². The zero-order valence-corrected chi connectivity index (χ0v) is 17.9. The molecule has 2 aliphatic rings. The number of hydrogen-bond donors (Lipinski definition) is 3. The third-order valence-electron chi connectivity index (χ3n) is 5.80. The minimum atomic E-state index is -0.0331. The molecule has 160 valence electrons. The molecule has 10 heteroatoms. The molecule has 0 spiro atoms. The second-order valence-corrected chi connectivity index (χ2v) is 8.85. The molecule has 4 heterocycles. The van der Waals surface area contributed by atoms with E-state index in [1.54, 1.807) is 19.4 Å². The van der Waals surface area contributed by atoms with Gasteiger partial charge in [-0.3, -0.25) is 4.90 Å². The van der Waals surface area contributed by atoms with Crippen LogP contribution in [0.2, 0.25) is 0 Å². The van der Waals surface area contributed by atoms with E-state index < -0.39 is 0 Å². The largest absolute Gasteiger partial charge is 0.481 e. The Bertz CT molecular complexity index is 886. The van der Waals surface area contributed by atoms with Crippen LogP contribution >= 0.6 is 11.3 Å². The number of aliphatic hydroxyl groups excluding tert-OH is 1. The summed E-state index contributed by atoms with van der Waals surface area (Å²) in [6, 6.07) is 5.33. The molecule has 2 fully saturated rings. The van der Waals surface area contributed by atoms with Crippen molar-refractivity contribution in [2.24, 2.45) is 0 Å². The average molecular weight is 430 g/mol. The van der Waals surface area contributed by atoms with Gasteiger partial charge in [0.2, 0.25) is 11.8 Å². The summed E-state index contributed by atoms with van der Waals surface area (Å²) < 4.78 is 5.36. The van der Waals surface area contributed by atoms with E-state index in [-0.39, 0.29) is 6.61 Å². The molecular formula is C20H27N7O2S. The number of piperidine rings is 2. The summed E-state index contributed by atoms with van der Waals surface area (Å²) in [5.74, 6) is 1.60. The van der Waals surface area contributed by atoms with Crippen LogP contribution in [0.25, 0.3) is 0 Å². The lowest BCUT2D eigenvalue weighted by molar-refractivity contribution is 0.0369. The third-order valence-corrected chi connectivity index (χ3v) is 6.69. The van der Waals surface area contributed by atoms with Crippen LogP contribution in [0.15, 0.2) is 12.3 Å². The predicted octanol–water partition coefficient (Wildman–Crippen LogP) is 2.89. The van der Waals surface area contributed by atoms with Crippen LogP contribution in [0.3, 0.4) is 0 Å². The van der Waals surface area contributed by atoms with Crippen molar-refractivity contribution in [3.8, 4) is 11.9 Å². The summed E-state index contributed by atoms with van der Waals surface area (Å²) in [5.41, 5.74) is 0. The summed E-state index contributed by atoms with van der Waals surface area (Å²) >= 11 is 1.38. The van der Waals surface area contributed by atoms with Gasteiger partial charge in [0, 0.05) is 43.4 Å². The molecule has 2 saturated heterocycles. The van der Waals surface area contributed by atoms with Crippen LogP contribution in [-0.4, -0.2) is 56.7 Å². The van der Waals surface area contributed by atoms with Crippen molar-refractivity contribution in [1.82, 2.24) is 19.9 Å². The van der Waals surface area contributed by atoms with Gasteiger partial charge in [-0.25, -0.2) is 4.98 Å². The SMILES string of the molecule is COc1cc(Nc2ncc(CO)s2)nc(NC2CC3CCCC(C2)N3CCC#N)n1. The van der Waals surface area contributed by atoms with E-state index in [1.165, 1.54) is 30.6 Å². The quantitative estimate of drug-likeness (QED) is 0.582. The number of aromatic nitrogens is 3. The molecule has 2 aromatic heterocycles. The van der Waals surface area contributed by atoms with Crippen molar-refractivity contribution in [2.75, 3.05) is 24.3 Å². The van der Waals surface area contributed by atoms with Gasteiger partial charge < -0.3 is 20.5 Å². The minimum absolute atomic E-state index is 0.0331. The number of ether oxygens (including phenoxy) is 1. The maximum absolute atomic E-state index is 9.23. The topological polar surface area (TPSA) is 119 Å². The van der Waals surface area contributed by atoms with E-state index in [0.717, 1.165) is 24.3 Å². The fraction of sp³-hybridized carbons (Fsp3) is 0.600. The Morgan fingerprint density at radius 2 is 2.13 bits per heavy atom. The van der Waals surface area contributed by atoms with Gasteiger partial charge in [-0.2, -0.15) is 15.2 Å². The molecule has 2 aliphatic heterocycles. The van der Waals surface area contributed by atoms with Crippen molar-refractivity contribution in [1.29, 1.82) is 5.26 Å². The van der Waals surface area contributed by atoms with Gasteiger partial charge in [0.25, 0.3) is 0 Å². The van der Waals surface area contributed by atoms with Crippen LogP contribution in [0.1, 0.15) is 43.4 Å². The van der Waals surface area contributed by atoms with Crippen LogP contribution < -0.4 is 15.4 Å². The summed E-state index contributed by atoms with van der Waals surface area (Å²) in [5, 5.41) is 25.5. The summed E-state index contributed by atoms with van der Waals surface area (Å²) in [6.45, 7) is 0.834. The number of nitrogens with one attached hydrogen (secondary N) is 2. The zero-order chi connectivity index (χ0) is 20.9. The lowest BCUT2D eigenvalue weighted by Gasteiger charge is -2.48. The van der Waals surface area contributed by atoms with E-state index in [1.807, 2.05) is 0 Å². The number of thiazole rings is 1. The average Bonchev–Trinajstić information content (AvgIpc) is 3.19. The van der Waals surface area contributed by atoms with Crippen molar-refractivity contribution in [3.05, 3.63) is 17.1 Å². The Labute approximate surface area is 180 Å². The highest BCUT2D eigenvalue weighted by Gasteiger charge is 2.38. The number of hydrogen-bond acceptors (Lipinski definition) is 10. The second-order valence-electron chi connectivity index (χ2n) is 7.73. The number of aliphatic hydroxyl groups is 1. The molecule has 2 aromatic rings. The Morgan fingerprint density at radius 3 is 2.80 bits per heavy atom. The molecule has 9 nitrogen and oxygen atoms in total. The normalized spacial score (nSPS) is 23.6. The number of rotatable bonds is 8. The van der Waals surface area contributed by atoms with Crippen molar-refractivity contribution < 1.29 is 9.84 Å². The molecule has 0 radical (unpaired) electrons. The molecule has 2 bridgehead atoms. The standard InChI is InChI=1S/C20H27N7O2S/c1-29-18-10-17(25-20-22-11-16(12-28)30-20)24-19(26-18)23-13-8-14-4-2-5-15(9-13)27(14)7-3-6-21/h10-11,13-15,28H,2-5,7-9,12H2,1H3,(H2,22,23,24,25,26). The first-order valence-electron chi connectivity index (χ1n) is 10.3. The lowest BCUT2D eigenvalue weighted by atomic mass is 9.81. The van der Waals surface area contributed by atoms with Gasteiger partial charge >= 0.3 is 0 Å². The maximum atomic E-state index is 9.23. The third kappa shape index (κ3) is 4.80. The Morgan fingerprint density at radius 1 is 1.33 bits per heavy atom. The Hall–Kier alpha value is -2.48. The molecule has 4 rings (SSSR count). The van der Waals surface area contributed by atoms with Crippen LogP contribution in [0.4, 0.5) is 16.9 Å². The van der Waals surface area contributed by atoms with E-state index >= 15 is 0 Å². The molecule has 0 amide bonds. The van der Waals surface area contributed by atoms with Crippen molar-refractivity contribution in [3.63, 3.8) is 0 Å². The van der Waals surface area contributed by atoms with Crippen molar-refractivity contribution >= 4 is 28.2 Å². The monoisotopic (exact) mass is 429 g/mol. The van der Waals surface area contributed by atoms with Gasteiger partial charge in [0.1, 0.15) is 5.82 Å². The Kier molecular flexibility index (Phi) is 6.62. The highest BCUT2D eigenvalue weighted by molar-refractivity contribution is 7.15. The van der Waals surface area contributed by atoms with Gasteiger partial charge in [0.05, 0.1) is 24.7 Å². The fourth-order valence-electron chi connectivity index (χ4n) is 4.53. The van der Waals surface area contributed by atoms with Gasteiger partial charge in [-0.05, 0) is 25.7 Å². The van der Waals surface area contributed by atoms with Gasteiger partial charge in [-0.15, -0.1) is 0 Å². The molecule has 0 aromatic carbocycles. The summed E-state index contributed by atoms with van der Waals surface area (Å²) in [4.78, 5) is 16.6. The van der Waals surface area contributed by atoms with E-state index in [4.69, 9.17) is 10.00 Å². The van der Waals surface area contributed by atoms with Gasteiger partial charge in [-0.1, -0.05) is 17.8 Å². The number of fused-ring (bicyclic) bond motifs is 2. The molecule has 30 heavy (non-hydrogen) atoms. The summed E-state index contributed by atoms with van der Waals surface area (Å²) in [6.07, 6.45) is 7.91. The molecule has 2 unspecified atom stereocenters. The van der Waals surface area contributed by atoms with Crippen LogP contribution in [0.5, 0.6) is 5.88 Å². The van der Waals surface area contributed by atoms with E-state index in [9.17, 15) is 5.11 Å². The number of nitrogens with zero attached hydrogens (tertiary/aromatic N) is 5. The first-order valence-corrected chi connectivity index (χ1v) is 11.1. The highest BCUT2D eigenvalue weighted by Crippen LogP contribution is 2.35. The Balaban J connectivity index is 1.45. The molecule has 3 N–H and O–H groups in total. The minimum Gasteiger partial charge on any atom is -0.481 e. The molecule has 2 atom stereocenters. The fourth-order valence-corrected chi connectivity index (χ4v) is 5.21. The number of nitriles is 1. The predicted molar refractivity (Wildman–Crippen MR) is 115 cm³/mol. The highest BCUT2D eigenvalue weighted by atomic mass is 32.1. The maximum Gasteiger partial charge on any atom is 0.228 e. The first kappa shape index (κ1) is 20.8.